The van der Waals surface area contributed by atoms with Crippen LogP contribution in [0.5, 0.6) is 0 Å². The van der Waals surface area contributed by atoms with E-state index in [0.29, 0.717) is 19.4 Å². The molecule has 7 unspecified atom stereocenters. The molecule has 11 nitrogen and oxygen atoms in total. The van der Waals surface area contributed by atoms with Gasteiger partial charge in [-0.25, -0.2) is 0 Å². The molecule has 0 aromatic rings. The van der Waals surface area contributed by atoms with Crippen molar-refractivity contribution in [3.63, 3.8) is 0 Å². The predicted octanol–water partition coefficient (Wildman–Crippen LogP) is 24.0. The number of nitrogens with one attached hydrogen (secondary N) is 1. The van der Waals surface area contributed by atoms with E-state index >= 15 is 0 Å². The molecule has 1 fully saturated rings. The van der Waals surface area contributed by atoms with Crippen LogP contribution in [-0.2, 0) is 23.8 Å². The van der Waals surface area contributed by atoms with Crippen LogP contribution in [0.25, 0.3) is 0 Å². The lowest BCUT2D eigenvalue weighted by Crippen LogP contribution is -2.60. The molecule has 7 atom stereocenters. The Morgan fingerprint density at radius 2 is 0.653 bits per heavy atom. The highest BCUT2D eigenvalue weighted by Gasteiger charge is 2.44. The summed E-state index contributed by atoms with van der Waals surface area (Å²) in [6.07, 6.45) is 90.5. The lowest BCUT2D eigenvalue weighted by molar-refractivity contribution is -0.302. The topological polar surface area (TPSA) is 175 Å². The number of ether oxygens (including phenoxy) is 3. The number of unbranched alkanes of at least 4 members (excludes halogenated alkanes) is 60. The molecule has 1 rings (SSSR count). The second kappa shape index (κ2) is 76.0. The van der Waals surface area contributed by atoms with Gasteiger partial charge in [-0.1, -0.05) is 384 Å². The molecule has 1 amide bonds. The first kappa shape index (κ1) is 93.9. The molecule has 1 aliphatic rings. The summed E-state index contributed by atoms with van der Waals surface area (Å²) in [6, 6.07) is -0.807. The third-order valence-electron chi connectivity index (χ3n) is 20.7. The summed E-state index contributed by atoms with van der Waals surface area (Å²) in [4.78, 5) is 25.2. The highest BCUT2D eigenvalue weighted by molar-refractivity contribution is 5.76. The fourth-order valence-corrected chi connectivity index (χ4v) is 14.0. The zero-order valence-corrected chi connectivity index (χ0v) is 64.8. The largest absolute Gasteiger partial charge is 0.466 e. The van der Waals surface area contributed by atoms with Crippen LogP contribution in [0, 0.1) is 0 Å². The molecule has 0 aromatic carbocycles. The van der Waals surface area contributed by atoms with Crippen LogP contribution in [0.2, 0.25) is 0 Å². The van der Waals surface area contributed by atoms with Gasteiger partial charge in [0.05, 0.1) is 32.0 Å². The van der Waals surface area contributed by atoms with Gasteiger partial charge in [0.2, 0.25) is 5.91 Å². The number of hydrogen-bond donors (Lipinski definition) is 6. The number of carbonyl (C=O) groups is 2. The van der Waals surface area contributed by atoms with Gasteiger partial charge in [0.1, 0.15) is 24.4 Å². The first-order chi connectivity index (χ1) is 48.2. The summed E-state index contributed by atoms with van der Waals surface area (Å²) in [5.74, 6) is -0.163. The van der Waals surface area contributed by atoms with Crippen LogP contribution < -0.4 is 5.32 Å². The smallest absolute Gasteiger partial charge is 0.305 e. The second-order valence-electron chi connectivity index (χ2n) is 30.2. The van der Waals surface area contributed by atoms with Crippen molar-refractivity contribution in [3.05, 3.63) is 36.5 Å². The zero-order chi connectivity index (χ0) is 70.8. The summed E-state index contributed by atoms with van der Waals surface area (Å²) >= 11 is 0. The molecular formula is C87H165NO10. The van der Waals surface area contributed by atoms with Crippen molar-refractivity contribution in [2.45, 2.75) is 487 Å². The minimum atomic E-state index is -1.57. The summed E-state index contributed by atoms with van der Waals surface area (Å²) in [5, 5.41) is 54.7. The normalized spacial score (nSPS) is 17.3. The van der Waals surface area contributed by atoms with Crippen molar-refractivity contribution in [2.75, 3.05) is 19.8 Å². The highest BCUT2D eigenvalue weighted by Crippen LogP contribution is 2.24. The average Bonchev–Trinajstić information content (AvgIpc) is 0.827. The Kier molecular flexibility index (Phi) is 72.8. The molecule has 6 N–H and O–H groups in total. The number of allylic oxidation sites excluding steroid dienone is 5. The van der Waals surface area contributed by atoms with E-state index in [4.69, 9.17) is 14.2 Å². The van der Waals surface area contributed by atoms with Gasteiger partial charge in [-0.15, -0.1) is 0 Å². The molecular weight excluding hydrogens is 1220 g/mol. The predicted molar refractivity (Wildman–Crippen MR) is 417 cm³/mol. The number of hydrogen-bond acceptors (Lipinski definition) is 10. The molecule has 578 valence electrons. The molecule has 1 aliphatic heterocycles. The van der Waals surface area contributed by atoms with E-state index in [0.717, 1.165) is 57.8 Å². The minimum Gasteiger partial charge on any atom is -0.466 e. The summed E-state index contributed by atoms with van der Waals surface area (Å²) in [7, 11) is 0. The number of esters is 1. The molecule has 0 saturated carbocycles. The molecule has 0 aromatic heterocycles. The van der Waals surface area contributed by atoms with Crippen LogP contribution in [0.15, 0.2) is 36.5 Å². The van der Waals surface area contributed by atoms with Crippen LogP contribution in [0.4, 0.5) is 0 Å². The highest BCUT2D eigenvalue weighted by atomic mass is 16.7. The monoisotopic (exact) mass is 1380 g/mol. The van der Waals surface area contributed by atoms with Crippen LogP contribution >= 0.6 is 0 Å². The van der Waals surface area contributed by atoms with Gasteiger partial charge in [-0.2, -0.15) is 0 Å². The fraction of sp³-hybridized carbons (Fsp3) is 0.908. The first-order valence-corrected chi connectivity index (χ1v) is 43.3. The lowest BCUT2D eigenvalue weighted by atomic mass is 9.99. The van der Waals surface area contributed by atoms with E-state index in [1.807, 2.05) is 6.08 Å². The number of carbonyl (C=O) groups excluding carboxylic acids is 2. The summed E-state index contributed by atoms with van der Waals surface area (Å²) in [6.45, 7) is 4.41. The zero-order valence-electron chi connectivity index (χ0n) is 64.8. The molecule has 0 bridgehead atoms. The van der Waals surface area contributed by atoms with E-state index in [1.54, 1.807) is 6.08 Å². The first-order valence-electron chi connectivity index (χ1n) is 43.3. The Labute approximate surface area is 606 Å². The van der Waals surface area contributed by atoms with Gasteiger partial charge in [0.25, 0.3) is 0 Å². The summed E-state index contributed by atoms with van der Waals surface area (Å²) in [5.41, 5.74) is 0. The van der Waals surface area contributed by atoms with Crippen molar-refractivity contribution in [2.24, 2.45) is 0 Å². The van der Waals surface area contributed by atoms with Gasteiger partial charge in [0, 0.05) is 12.8 Å². The number of aliphatic hydroxyl groups is 5. The van der Waals surface area contributed by atoms with Crippen LogP contribution in [0.1, 0.15) is 444 Å². The van der Waals surface area contributed by atoms with E-state index in [9.17, 15) is 35.1 Å². The third-order valence-corrected chi connectivity index (χ3v) is 20.7. The maximum absolute atomic E-state index is 13.1. The molecule has 11 heteroatoms. The minimum absolute atomic E-state index is 0.0102. The second-order valence-corrected chi connectivity index (χ2v) is 30.2. The Morgan fingerprint density at radius 3 is 0.980 bits per heavy atom. The standard InChI is InChI=1S/C87H165NO10/c1-3-5-7-9-11-13-15-17-19-47-51-55-59-63-67-71-75-83(92)96-76-72-68-64-60-56-52-48-44-42-40-38-36-34-32-30-28-26-24-22-20-21-23-25-27-29-31-33-35-37-39-41-43-46-50-54-58-62-66-70-74-82(91)88-79(78-97-87-86(95)85(94)84(93)81(77-89)98-87)80(90)73-69-65-61-57-53-49-45-18-16-14-12-10-8-6-4-2/h19-21,47,69,73,79-81,84-87,89-90,93-95H,3-18,22-46,48-68,70-72,74-78H2,1-2H3,(H,88,91)/b21-20-,47-19-,73-69+. The van der Waals surface area contributed by atoms with Crippen molar-refractivity contribution >= 4 is 11.9 Å². The Hall–Kier alpha value is -2.12. The number of amides is 1. The lowest BCUT2D eigenvalue weighted by Gasteiger charge is -2.40. The quantitative estimate of drug-likeness (QED) is 0.0195. The van der Waals surface area contributed by atoms with E-state index < -0.39 is 49.5 Å². The molecule has 0 radical (unpaired) electrons. The van der Waals surface area contributed by atoms with Crippen molar-refractivity contribution < 1.29 is 49.3 Å². The third kappa shape index (κ3) is 63.6. The van der Waals surface area contributed by atoms with Gasteiger partial charge < -0.3 is 45.1 Å². The molecule has 98 heavy (non-hydrogen) atoms. The van der Waals surface area contributed by atoms with E-state index in [-0.39, 0.29) is 18.5 Å². The van der Waals surface area contributed by atoms with Crippen molar-refractivity contribution in [3.8, 4) is 0 Å². The van der Waals surface area contributed by atoms with Crippen molar-refractivity contribution in [1.29, 1.82) is 0 Å². The Bertz CT molecular complexity index is 1720. The Morgan fingerprint density at radius 1 is 0.367 bits per heavy atom. The van der Waals surface area contributed by atoms with Crippen LogP contribution in [-0.4, -0.2) is 100 Å². The molecule has 0 aliphatic carbocycles. The van der Waals surface area contributed by atoms with Crippen molar-refractivity contribution in [1.82, 2.24) is 5.32 Å². The van der Waals surface area contributed by atoms with Gasteiger partial charge >= 0.3 is 5.97 Å². The summed E-state index contributed by atoms with van der Waals surface area (Å²) < 4.78 is 16.8. The van der Waals surface area contributed by atoms with E-state index in [1.165, 1.54) is 360 Å². The maximum atomic E-state index is 13.1. The molecule has 1 heterocycles. The molecule has 1 saturated heterocycles. The van der Waals surface area contributed by atoms with Gasteiger partial charge in [-0.3, -0.25) is 9.59 Å². The van der Waals surface area contributed by atoms with Crippen LogP contribution in [0.3, 0.4) is 0 Å². The Balaban J connectivity index is 1.89. The van der Waals surface area contributed by atoms with Gasteiger partial charge in [0.15, 0.2) is 6.29 Å². The average molecular weight is 1390 g/mol. The number of rotatable bonds is 78. The number of aliphatic hydroxyl groups excluding tert-OH is 5. The fourth-order valence-electron chi connectivity index (χ4n) is 14.0. The maximum Gasteiger partial charge on any atom is 0.305 e. The van der Waals surface area contributed by atoms with Gasteiger partial charge in [-0.05, 0) is 83.5 Å². The SMILES string of the molecule is CCCCCCCCC/C=C\CCCCCCCC(=O)OCCCCCCCCCCCCCCCCCCCC/C=C\CCCCCCCCCCCCCCCCCCCC(=O)NC(COC1OC(CO)C(O)C(O)C1O)C(O)/C=C/CCCCCCCCCCCCCCC. The van der Waals surface area contributed by atoms with E-state index in [2.05, 4.69) is 43.5 Å². The molecule has 0 spiro atoms.